The molecule has 120 valence electrons. The molecule has 0 amide bonds. The zero-order valence-corrected chi connectivity index (χ0v) is 15.6. The quantitative estimate of drug-likeness (QED) is 0.676. The molecule has 1 unspecified atom stereocenters. The van der Waals surface area contributed by atoms with Crippen molar-refractivity contribution in [1.82, 2.24) is 4.90 Å². The Bertz CT molecular complexity index is 402. The van der Waals surface area contributed by atoms with Gasteiger partial charge >= 0.3 is 0 Å². The average molecular weight is 355 g/mol. The van der Waals surface area contributed by atoms with Crippen LogP contribution in [0.25, 0.3) is 0 Å². The van der Waals surface area contributed by atoms with Gasteiger partial charge < -0.3 is 10.6 Å². The zero-order chi connectivity index (χ0) is 15.8. The van der Waals surface area contributed by atoms with Crippen molar-refractivity contribution in [1.29, 1.82) is 0 Å². The number of hydrogen-bond donors (Lipinski definition) is 1. The second-order valence-electron chi connectivity index (χ2n) is 6.28. The summed E-state index contributed by atoms with van der Waals surface area (Å²) >= 11 is 3.61. The highest BCUT2D eigenvalue weighted by Crippen LogP contribution is 2.24. The SMILES string of the molecule is CCC(CC)N(CCC(N)c1ccccc1Br)CC(C)C. The predicted octanol–water partition coefficient (Wildman–Crippen LogP) is 4.99. The zero-order valence-electron chi connectivity index (χ0n) is 14.0. The largest absolute Gasteiger partial charge is 0.324 e. The molecule has 0 aliphatic carbocycles. The van der Waals surface area contributed by atoms with Crippen LogP contribution in [0.3, 0.4) is 0 Å². The number of hydrogen-bond acceptors (Lipinski definition) is 2. The van der Waals surface area contributed by atoms with Crippen molar-refractivity contribution in [2.75, 3.05) is 13.1 Å². The number of rotatable bonds is 9. The van der Waals surface area contributed by atoms with Gasteiger partial charge in [-0.2, -0.15) is 0 Å². The van der Waals surface area contributed by atoms with Gasteiger partial charge in [0.05, 0.1) is 0 Å². The van der Waals surface area contributed by atoms with Gasteiger partial charge in [0, 0.05) is 29.6 Å². The van der Waals surface area contributed by atoms with E-state index in [-0.39, 0.29) is 6.04 Å². The fourth-order valence-corrected chi connectivity index (χ4v) is 3.51. The lowest BCUT2D eigenvalue weighted by Crippen LogP contribution is -2.39. The van der Waals surface area contributed by atoms with Crippen molar-refractivity contribution in [2.24, 2.45) is 11.7 Å². The second-order valence-corrected chi connectivity index (χ2v) is 7.13. The number of nitrogens with two attached hydrogens (primary N) is 1. The van der Waals surface area contributed by atoms with Gasteiger partial charge in [-0.25, -0.2) is 0 Å². The summed E-state index contributed by atoms with van der Waals surface area (Å²) in [5.41, 5.74) is 7.62. The Balaban J connectivity index is 2.65. The van der Waals surface area contributed by atoms with E-state index in [0.717, 1.165) is 24.0 Å². The van der Waals surface area contributed by atoms with Crippen LogP contribution in [-0.4, -0.2) is 24.0 Å². The molecule has 2 N–H and O–H groups in total. The van der Waals surface area contributed by atoms with Gasteiger partial charge in [0.1, 0.15) is 0 Å². The molecule has 21 heavy (non-hydrogen) atoms. The molecule has 1 atom stereocenters. The summed E-state index contributed by atoms with van der Waals surface area (Å²) in [7, 11) is 0. The van der Waals surface area contributed by atoms with Crippen LogP contribution < -0.4 is 5.73 Å². The molecule has 0 heterocycles. The Morgan fingerprint density at radius 2 is 1.76 bits per heavy atom. The van der Waals surface area contributed by atoms with E-state index in [1.807, 2.05) is 6.07 Å². The Morgan fingerprint density at radius 1 is 1.14 bits per heavy atom. The molecule has 0 bridgehead atoms. The Hall–Kier alpha value is -0.380. The summed E-state index contributed by atoms with van der Waals surface area (Å²) in [6.45, 7) is 11.4. The lowest BCUT2D eigenvalue weighted by atomic mass is 10.0. The van der Waals surface area contributed by atoms with Crippen LogP contribution in [-0.2, 0) is 0 Å². The summed E-state index contributed by atoms with van der Waals surface area (Å²) in [5, 5.41) is 0. The van der Waals surface area contributed by atoms with Gasteiger partial charge in [-0.3, -0.25) is 0 Å². The van der Waals surface area contributed by atoms with E-state index in [1.54, 1.807) is 0 Å². The molecular weight excluding hydrogens is 324 g/mol. The lowest BCUT2D eigenvalue weighted by Gasteiger charge is -2.32. The monoisotopic (exact) mass is 354 g/mol. The van der Waals surface area contributed by atoms with Crippen LogP contribution in [0.15, 0.2) is 28.7 Å². The van der Waals surface area contributed by atoms with Crippen LogP contribution in [0.4, 0.5) is 0 Å². The van der Waals surface area contributed by atoms with Crippen LogP contribution in [0.5, 0.6) is 0 Å². The first-order valence-corrected chi connectivity index (χ1v) is 9.02. The van der Waals surface area contributed by atoms with Crippen molar-refractivity contribution >= 4 is 15.9 Å². The Labute approximate surface area is 139 Å². The summed E-state index contributed by atoms with van der Waals surface area (Å²) < 4.78 is 1.12. The molecule has 0 fully saturated rings. The maximum Gasteiger partial charge on any atom is 0.0318 e. The molecule has 0 spiro atoms. The topological polar surface area (TPSA) is 29.3 Å². The van der Waals surface area contributed by atoms with Crippen molar-refractivity contribution in [3.8, 4) is 0 Å². The van der Waals surface area contributed by atoms with Gasteiger partial charge in [0.2, 0.25) is 0 Å². The highest BCUT2D eigenvalue weighted by Gasteiger charge is 2.18. The average Bonchev–Trinajstić information content (AvgIpc) is 2.45. The first-order chi connectivity index (χ1) is 9.99. The van der Waals surface area contributed by atoms with E-state index in [0.29, 0.717) is 12.0 Å². The maximum absolute atomic E-state index is 6.40. The summed E-state index contributed by atoms with van der Waals surface area (Å²) in [4.78, 5) is 2.63. The Kier molecular flexibility index (Phi) is 8.53. The molecular formula is C18H31BrN2. The molecule has 1 rings (SSSR count). The van der Waals surface area contributed by atoms with E-state index in [1.165, 1.54) is 18.4 Å². The van der Waals surface area contributed by atoms with Crippen LogP contribution in [0, 0.1) is 5.92 Å². The molecule has 0 saturated carbocycles. The van der Waals surface area contributed by atoms with E-state index in [9.17, 15) is 0 Å². The second kappa shape index (κ2) is 9.60. The van der Waals surface area contributed by atoms with E-state index in [4.69, 9.17) is 5.73 Å². The fraction of sp³-hybridized carbons (Fsp3) is 0.667. The molecule has 0 aromatic heterocycles. The summed E-state index contributed by atoms with van der Waals surface area (Å²) in [6.07, 6.45) is 3.44. The third-order valence-corrected chi connectivity index (χ3v) is 4.81. The van der Waals surface area contributed by atoms with Crippen LogP contribution >= 0.6 is 15.9 Å². The van der Waals surface area contributed by atoms with Crippen molar-refractivity contribution < 1.29 is 0 Å². The predicted molar refractivity (Wildman–Crippen MR) is 96.5 cm³/mol. The lowest BCUT2D eigenvalue weighted by molar-refractivity contribution is 0.160. The molecule has 2 nitrogen and oxygen atoms in total. The van der Waals surface area contributed by atoms with E-state index < -0.39 is 0 Å². The summed E-state index contributed by atoms with van der Waals surface area (Å²) in [6, 6.07) is 9.08. The standard InChI is InChI=1S/C18H31BrN2/c1-5-15(6-2)21(13-14(3)4)12-11-18(20)16-9-7-8-10-17(16)19/h7-10,14-15,18H,5-6,11-13,20H2,1-4H3. The molecule has 1 aromatic carbocycles. The molecule has 0 saturated heterocycles. The molecule has 0 aliphatic heterocycles. The molecule has 3 heteroatoms. The minimum absolute atomic E-state index is 0.101. The van der Waals surface area contributed by atoms with Crippen molar-refractivity contribution in [3.63, 3.8) is 0 Å². The minimum atomic E-state index is 0.101. The number of nitrogens with zero attached hydrogens (tertiary/aromatic N) is 1. The maximum atomic E-state index is 6.40. The highest BCUT2D eigenvalue weighted by atomic mass is 79.9. The van der Waals surface area contributed by atoms with Crippen LogP contribution in [0.2, 0.25) is 0 Å². The third-order valence-electron chi connectivity index (χ3n) is 4.09. The van der Waals surface area contributed by atoms with Gasteiger partial charge in [0.15, 0.2) is 0 Å². The summed E-state index contributed by atoms with van der Waals surface area (Å²) in [5.74, 6) is 0.699. The Morgan fingerprint density at radius 3 is 2.29 bits per heavy atom. The number of halogens is 1. The van der Waals surface area contributed by atoms with E-state index in [2.05, 4.69) is 66.7 Å². The molecule has 0 radical (unpaired) electrons. The first kappa shape index (κ1) is 18.7. The van der Waals surface area contributed by atoms with Gasteiger partial charge in [0.25, 0.3) is 0 Å². The molecule has 0 aliphatic rings. The smallest absolute Gasteiger partial charge is 0.0318 e. The third kappa shape index (κ3) is 6.09. The van der Waals surface area contributed by atoms with E-state index >= 15 is 0 Å². The molecule has 1 aromatic rings. The highest BCUT2D eigenvalue weighted by molar-refractivity contribution is 9.10. The van der Waals surface area contributed by atoms with Gasteiger partial charge in [-0.15, -0.1) is 0 Å². The fourth-order valence-electron chi connectivity index (χ4n) is 2.93. The van der Waals surface area contributed by atoms with Gasteiger partial charge in [-0.1, -0.05) is 61.8 Å². The number of benzene rings is 1. The van der Waals surface area contributed by atoms with Crippen LogP contribution in [0.1, 0.15) is 58.6 Å². The van der Waals surface area contributed by atoms with Gasteiger partial charge in [-0.05, 0) is 36.8 Å². The van der Waals surface area contributed by atoms with Crippen molar-refractivity contribution in [3.05, 3.63) is 34.3 Å². The van der Waals surface area contributed by atoms with Crippen molar-refractivity contribution in [2.45, 2.75) is 59.0 Å². The minimum Gasteiger partial charge on any atom is -0.324 e. The normalized spacial score (nSPS) is 13.4. The first-order valence-electron chi connectivity index (χ1n) is 8.23.